The number of fused-ring (bicyclic) bond motifs is 2. The van der Waals surface area contributed by atoms with Crippen LogP contribution in [0.15, 0.2) is 12.4 Å². The number of carbonyl (C=O) groups is 1. The third kappa shape index (κ3) is 2.30. The molecule has 3 atom stereocenters. The van der Waals surface area contributed by atoms with Crippen molar-refractivity contribution in [3.8, 4) is 0 Å². The van der Waals surface area contributed by atoms with E-state index in [2.05, 4.69) is 32.9 Å². The summed E-state index contributed by atoms with van der Waals surface area (Å²) in [5, 5.41) is 17.3. The van der Waals surface area contributed by atoms with Crippen molar-refractivity contribution < 1.29 is 13.6 Å². The first-order valence-corrected chi connectivity index (χ1v) is 9.31. The second-order valence-corrected chi connectivity index (χ2v) is 8.33. The number of rotatable bonds is 4. The average molecular weight is 376 g/mol. The van der Waals surface area contributed by atoms with Gasteiger partial charge < -0.3 is 10.6 Å². The maximum Gasteiger partial charge on any atom is 0.276 e. The Morgan fingerprint density at radius 3 is 2.93 bits per heavy atom. The number of nitrogens with one attached hydrogen (secondary N) is 3. The fourth-order valence-corrected chi connectivity index (χ4v) is 4.48. The first kappa shape index (κ1) is 16.9. The van der Waals surface area contributed by atoms with Crippen LogP contribution in [0.4, 0.5) is 14.5 Å². The van der Waals surface area contributed by atoms with Crippen LogP contribution < -0.4 is 10.6 Å². The molecule has 3 aliphatic rings. The number of hydrogen-bond acceptors (Lipinski definition) is 4. The van der Waals surface area contributed by atoms with Gasteiger partial charge >= 0.3 is 0 Å². The van der Waals surface area contributed by atoms with E-state index in [1.165, 1.54) is 0 Å². The van der Waals surface area contributed by atoms with E-state index in [9.17, 15) is 13.6 Å². The molecule has 9 heteroatoms. The van der Waals surface area contributed by atoms with Crippen LogP contribution in [0.2, 0.25) is 0 Å². The SMILES string of the molecule is CC(C1CNC1)n1cc(NC(=O)c2n[nH]c3c2C[C@@H]2C(F)(F)[C@]2(C)C3)cn1. The maximum atomic E-state index is 14.0. The molecule has 2 fully saturated rings. The van der Waals surface area contributed by atoms with E-state index in [0.29, 0.717) is 22.9 Å². The second-order valence-electron chi connectivity index (χ2n) is 8.33. The Hall–Kier alpha value is -2.29. The van der Waals surface area contributed by atoms with Crippen LogP contribution in [-0.4, -0.2) is 44.9 Å². The van der Waals surface area contributed by atoms with Crippen LogP contribution in [0, 0.1) is 17.3 Å². The van der Waals surface area contributed by atoms with Crippen LogP contribution in [0.5, 0.6) is 0 Å². The third-order valence-electron chi connectivity index (χ3n) is 6.78. The van der Waals surface area contributed by atoms with Gasteiger partial charge in [-0.2, -0.15) is 10.2 Å². The van der Waals surface area contributed by atoms with Gasteiger partial charge in [0.1, 0.15) is 0 Å². The Morgan fingerprint density at radius 1 is 1.44 bits per heavy atom. The number of H-pyrrole nitrogens is 1. The molecule has 0 radical (unpaired) electrons. The summed E-state index contributed by atoms with van der Waals surface area (Å²) >= 11 is 0. The summed E-state index contributed by atoms with van der Waals surface area (Å²) < 4.78 is 29.9. The third-order valence-corrected chi connectivity index (χ3v) is 6.78. The van der Waals surface area contributed by atoms with Gasteiger partial charge in [0.05, 0.1) is 17.9 Å². The average Bonchev–Trinajstić information content (AvgIpc) is 3.01. The summed E-state index contributed by atoms with van der Waals surface area (Å²) in [6.07, 6.45) is 3.81. The van der Waals surface area contributed by atoms with Gasteiger partial charge in [0.25, 0.3) is 11.8 Å². The lowest BCUT2D eigenvalue weighted by Gasteiger charge is -2.32. The minimum atomic E-state index is -2.67. The molecule has 1 unspecified atom stereocenters. The van der Waals surface area contributed by atoms with Gasteiger partial charge in [-0.15, -0.1) is 0 Å². The molecule has 0 spiro atoms. The van der Waals surface area contributed by atoms with Crippen LogP contribution in [0.3, 0.4) is 0 Å². The van der Waals surface area contributed by atoms with E-state index in [0.717, 1.165) is 13.1 Å². The van der Waals surface area contributed by atoms with Gasteiger partial charge in [-0.3, -0.25) is 14.6 Å². The van der Waals surface area contributed by atoms with E-state index in [-0.39, 0.29) is 24.6 Å². The van der Waals surface area contributed by atoms with Crippen molar-refractivity contribution in [1.82, 2.24) is 25.3 Å². The molecule has 3 heterocycles. The van der Waals surface area contributed by atoms with Crippen LogP contribution in [0.1, 0.15) is 41.6 Å². The van der Waals surface area contributed by atoms with Crippen LogP contribution in [-0.2, 0) is 12.8 Å². The maximum absolute atomic E-state index is 14.0. The van der Waals surface area contributed by atoms with Gasteiger partial charge in [-0.25, -0.2) is 8.78 Å². The molecule has 5 rings (SSSR count). The summed E-state index contributed by atoms with van der Waals surface area (Å²) in [7, 11) is 0. The molecule has 0 aromatic carbocycles. The fraction of sp³-hybridized carbons (Fsp3) is 0.611. The molecule has 3 N–H and O–H groups in total. The first-order chi connectivity index (χ1) is 12.8. The van der Waals surface area contributed by atoms with E-state index in [1.807, 2.05) is 4.68 Å². The molecular weight excluding hydrogens is 354 g/mol. The Morgan fingerprint density at radius 2 is 2.22 bits per heavy atom. The lowest BCUT2D eigenvalue weighted by atomic mass is 9.87. The zero-order valence-corrected chi connectivity index (χ0v) is 15.2. The van der Waals surface area contributed by atoms with E-state index < -0.39 is 23.2 Å². The standard InChI is InChI=1S/C18H22F2N6O/c1-9(10-5-21-6-10)26-8-11(7-22-26)23-16(27)15-12-3-14-17(2,18(14,19)20)4-13(12)24-25-15/h7-10,14,21H,3-6H2,1-2H3,(H,23,27)(H,24,25)/t9?,14-,17+/m0/s1. The highest BCUT2D eigenvalue weighted by Gasteiger charge is 2.78. The minimum Gasteiger partial charge on any atom is -0.318 e. The number of nitrogens with zero attached hydrogens (tertiary/aromatic N) is 3. The summed E-state index contributed by atoms with van der Waals surface area (Å²) in [6.45, 7) is 5.63. The van der Waals surface area contributed by atoms with Crippen molar-refractivity contribution in [1.29, 1.82) is 0 Å². The molecule has 2 aliphatic carbocycles. The minimum absolute atomic E-state index is 0.184. The van der Waals surface area contributed by atoms with Crippen molar-refractivity contribution in [3.63, 3.8) is 0 Å². The number of amides is 1. The summed E-state index contributed by atoms with van der Waals surface area (Å²) in [6, 6.07) is 0.241. The first-order valence-electron chi connectivity index (χ1n) is 9.31. The number of hydrogen-bond donors (Lipinski definition) is 3. The zero-order valence-electron chi connectivity index (χ0n) is 15.2. The number of aromatic nitrogens is 4. The molecule has 0 bridgehead atoms. The highest BCUT2D eigenvalue weighted by atomic mass is 19.3. The summed E-state index contributed by atoms with van der Waals surface area (Å²) in [5.74, 6) is -3.24. The molecule has 2 aromatic heterocycles. The number of halogens is 2. The van der Waals surface area contributed by atoms with E-state index in [1.54, 1.807) is 19.3 Å². The molecule has 2 aromatic rings. The molecule has 1 amide bonds. The van der Waals surface area contributed by atoms with Crippen molar-refractivity contribution in [2.45, 2.75) is 38.7 Å². The summed E-state index contributed by atoms with van der Waals surface area (Å²) in [5.41, 5.74) is 1.05. The number of carbonyl (C=O) groups excluding carboxylic acids is 1. The molecular formula is C18H22F2N6O. The van der Waals surface area contributed by atoms with Gasteiger partial charge in [0.15, 0.2) is 5.69 Å². The van der Waals surface area contributed by atoms with Crippen LogP contribution >= 0.6 is 0 Å². The van der Waals surface area contributed by atoms with Crippen molar-refractivity contribution in [2.75, 3.05) is 18.4 Å². The van der Waals surface area contributed by atoms with Crippen molar-refractivity contribution in [2.24, 2.45) is 17.3 Å². The molecule has 1 saturated heterocycles. The zero-order chi connectivity index (χ0) is 19.0. The van der Waals surface area contributed by atoms with Gasteiger partial charge in [-0.1, -0.05) is 6.92 Å². The fourth-order valence-electron chi connectivity index (χ4n) is 4.48. The predicted octanol–water partition coefficient (Wildman–Crippen LogP) is 2.01. The van der Waals surface area contributed by atoms with E-state index in [4.69, 9.17) is 0 Å². The number of anilines is 1. The highest BCUT2D eigenvalue weighted by Crippen LogP contribution is 2.70. The summed E-state index contributed by atoms with van der Waals surface area (Å²) in [4.78, 5) is 12.7. The Bertz CT molecular complexity index is 917. The van der Waals surface area contributed by atoms with Crippen molar-refractivity contribution >= 4 is 11.6 Å². The Balaban J connectivity index is 1.32. The van der Waals surface area contributed by atoms with E-state index >= 15 is 0 Å². The molecule has 7 nitrogen and oxygen atoms in total. The Kier molecular flexibility index (Phi) is 3.35. The monoisotopic (exact) mass is 376 g/mol. The molecule has 1 saturated carbocycles. The lowest BCUT2D eigenvalue weighted by molar-refractivity contribution is 0.0631. The molecule has 144 valence electrons. The molecule has 1 aliphatic heterocycles. The quantitative estimate of drug-likeness (QED) is 0.762. The Labute approximate surface area is 154 Å². The largest absolute Gasteiger partial charge is 0.318 e. The number of alkyl halides is 2. The normalized spacial score (nSPS) is 29.4. The molecule has 27 heavy (non-hydrogen) atoms. The lowest BCUT2D eigenvalue weighted by Crippen LogP contribution is -2.46. The number of aromatic amines is 1. The second kappa shape index (κ2) is 5.37. The highest BCUT2D eigenvalue weighted by molar-refractivity contribution is 6.04. The van der Waals surface area contributed by atoms with Crippen LogP contribution in [0.25, 0.3) is 0 Å². The van der Waals surface area contributed by atoms with Gasteiger partial charge in [0, 0.05) is 54.2 Å². The van der Waals surface area contributed by atoms with Crippen molar-refractivity contribution in [3.05, 3.63) is 29.3 Å². The van der Waals surface area contributed by atoms with Gasteiger partial charge in [0.2, 0.25) is 0 Å². The topological polar surface area (TPSA) is 87.6 Å². The predicted molar refractivity (Wildman–Crippen MR) is 93.8 cm³/mol. The van der Waals surface area contributed by atoms with Gasteiger partial charge in [-0.05, 0) is 13.3 Å². The smallest absolute Gasteiger partial charge is 0.276 e.